The molecule has 1 unspecified atom stereocenters. The van der Waals surface area contributed by atoms with Crippen LogP contribution in [-0.2, 0) is 4.74 Å². The van der Waals surface area contributed by atoms with E-state index in [9.17, 15) is 0 Å². The van der Waals surface area contributed by atoms with Crippen molar-refractivity contribution in [1.29, 1.82) is 0 Å². The second-order valence-corrected chi connectivity index (χ2v) is 6.76. The minimum absolute atomic E-state index is 0.501. The predicted molar refractivity (Wildman–Crippen MR) is 78.9 cm³/mol. The quantitative estimate of drug-likeness (QED) is 0.757. The molecule has 0 N–H and O–H groups in total. The van der Waals surface area contributed by atoms with Gasteiger partial charge < -0.3 is 9.64 Å². The maximum absolute atomic E-state index is 5.69. The molecule has 2 nitrogen and oxygen atoms in total. The van der Waals surface area contributed by atoms with E-state index < -0.39 is 0 Å². The summed E-state index contributed by atoms with van der Waals surface area (Å²) in [5, 5.41) is 0. The van der Waals surface area contributed by atoms with E-state index in [0.717, 1.165) is 25.1 Å². The molecular weight excluding hydrogens is 222 g/mol. The van der Waals surface area contributed by atoms with Gasteiger partial charge in [-0.25, -0.2) is 0 Å². The van der Waals surface area contributed by atoms with Crippen LogP contribution in [0.3, 0.4) is 0 Å². The van der Waals surface area contributed by atoms with Crippen LogP contribution < -0.4 is 0 Å². The molecule has 0 amide bonds. The van der Waals surface area contributed by atoms with Crippen molar-refractivity contribution in [3.05, 3.63) is 0 Å². The minimum atomic E-state index is 0.501. The van der Waals surface area contributed by atoms with Gasteiger partial charge in [-0.3, -0.25) is 0 Å². The molecule has 1 saturated carbocycles. The molecule has 1 heterocycles. The standard InChI is InChI=1S/C14H27NO.C2H6/c1-14(2,3)11-8-12(9-11)15(4)10-13-6-5-7-16-13;1-2/h11-13H,5-10H2,1-4H3;1-2H3. The van der Waals surface area contributed by atoms with Gasteiger partial charge >= 0.3 is 0 Å². The molecule has 2 aliphatic rings. The Labute approximate surface area is 114 Å². The molecule has 1 saturated heterocycles. The first-order chi connectivity index (χ1) is 8.47. The highest BCUT2D eigenvalue weighted by atomic mass is 16.5. The maximum atomic E-state index is 5.69. The molecule has 1 aliphatic heterocycles. The molecule has 1 aliphatic carbocycles. The number of rotatable bonds is 3. The number of hydrogen-bond donors (Lipinski definition) is 0. The summed E-state index contributed by atoms with van der Waals surface area (Å²) in [6.45, 7) is 13.2. The average Bonchev–Trinajstić information content (AvgIpc) is 2.68. The summed E-state index contributed by atoms with van der Waals surface area (Å²) in [5.41, 5.74) is 0.501. The summed E-state index contributed by atoms with van der Waals surface area (Å²) in [4.78, 5) is 2.53. The lowest BCUT2D eigenvalue weighted by atomic mass is 9.65. The van der Waals surface area contributed by atoms with Crippen LogP contribution in [-0.4, -0.2) is 37.2 Å². The van der Waals surface area contributed by atoms with E-state index in [-0.39, 0.29) is 0 Å². The molecule has 1 atom stereocenters. The van der Waals surface area contributed by atoms with E-state index >= 15 is 0 Å². The van der Waals surface area contributed by atoms with Crippen LogP contribution in [0.25, 0.3) is 0 Å². The van der Waals surface area contributed by atoms with Gasteiger partial charge in [0.1, 0.15) is 0 Å². The highest BCUT2D eigenvalue weighted by Gasteiger charge is 2.39. The van der Waals surface area contributed by atoms with Crippen LogP contribution in [0.4, 0.5) is 0 Å². The molecule has 2 heteroatoms. The summed E-state index contributed by atoms with van der Waals surface area (Å²) in [7, 11) is 2.27. The molecule has 108 valence electrons. The van der Waals surface area contributed by atoms with E-state index in [4.69, 9.17) is 4.74 Å². The third kappa shape index (κ3) is 4.24. The molecule has 0 spiro atoms. The second kappa shape index (κ2) is 6.91. The first-order valence-corrected chi connectivity index (χ1v) is 7.78. The van der Waals surface area contributed by atoms with Gasteiger partial charge in [0.15, 0.2) is 0 Å². The SMILES string of the molecule is CC.CN(CC1CCCO1)C1CC(C(C)(C)C)C1. The molecule has 0 aromatic rings. The largest absolute Gasteiger partial charge is 0.377 e. The van der Waals surface area contributed by atoms with Gasteiger partial charge in [0, 0.05) is 19.2 Å². The van der Waals surface area contributed by atoms with Crippen molar-refractivity contribution in [2.45, 2.75) is 72.4 Å². The van der Waals surface area contributed by atoms with E-state index in [0.29, 0.717) is 11.5 Å². The molecular formula is C16H33NO. The van der Waals surface area contributed by atoms with Crippen LogP contribution in [0.5, 0.6) is 0 Å². The van der Waals surface area contributed by atoms with Crippen LogP contribution in [0.2, 0.25) is 0 Å². The number of nitrogens with zero attached hydrogens (tertiary/aromatic N) is 1. The predicted octanol–water partition coefficient (Wildman–Crippen LogP) is 3.95. The van der Waals surface area contributed by atoms with Crippen molar-refractivity contribution in [2.75, 3.05) is 20.2 Å². The molecule has 2 rings (SSSR count). The summed E-state index contributed by atoms with van der Waals surface area (Å²) < 4.78 is 5.69. The van der Waals surface area contributed by atoms with Gasteiger partial charge in [-0.05, 0) is 44.1 Å². The fourth-order valence-electron chi connectivity index (χ4n) is 2.91. The zero-order valence-electron chi connectivity index (χ0n) is 13.3. The zero-order chi connectivity index (χ0) is 13.8. The first kappa shape index (κ1) is 16.0. The van der Waals surface area contributed by atoms with Crippen molar-refractivity contribution < 1.29 is 4.74 Å². The van der Waals surface area contributed by atoms with Crippen molar-refractivity contribution in [3.63, 3.8) is 0 Å². The van der Waals surface area contributed by atoms with Gasteiger partial charge in [-0.2, -0.15) is 0 Å². The van der Waals surface area contributed by atoms with Crippen molar-refractivity contribution in [3.8, 4) is 0 Å². The lowest BCUT2D eigenvalue weighted by Crippen LogP contribution is -2.48. The summed E-state index contributed by atoms with van der Waals surface area (Å²) in [5.74, 6) is 0.921. The van der Waals surface area contributed by atoms with Crippen LogP contribution in [0, 0.1) is 11.3 Å². The lowest BCUT2D eigenvalue weighted by Gasteiger charge is -2.47. The minimum Gasteiger partial charge on any atom is -0.377 e. The first-order valence-electron chi connectivity index (χ1n) is 7.78. The van der Waals surface area contributed by atoms with Gasteiger partial charge in [0.2, 0.25) is 0 Å². The number of likely N-dealkylation sites (N-methyl/N-ethyl adjacent to an activating group) is 1. The number of hydrogen-bond acceptors (Lipinski definition) is 2. The molecule has 0 radical (unpaired) electrons. The molecule has 18 heavy (non-hydrogen) atoms. The normalized spacial score (nSPS) is 31.8. The van der Waals surface area contributed by atoms with Crippen molar-refractivity contribution >= 4 is 0 Å². The summed E-state index contributed by atoms with van der Waals surface area (Å²) in [6, 6.07) is 0.813. The van der Waals surface area contributed by atoms with E-state index in [2.05, 4.69) is 32.7 Å². The molecule has 0 aromatic carbocycles. The number of ether oxygens (including phenoxy) is 1. The Bertz CT molecular complexity index is 222. The Hall–Kier alpha value is -0.0800. The van der Waals surface area contributed by atoms with Gasteiger partial charge in [0.25, 0.3) is 0 Å². The summed E-state index contributed by atoms with van der Waals surface area (Å²) >= 11 is 0. The maximum Gasteiger partial charge on any atom is 0.0702 e. The van der Waals surface area contributed by atoms with Crippen LogP contribution in [0.1, 0.15) is 60.3 Å². The van der Waals surface area contributed by atoms with Gasteiger partial charge in [0.05, 0.1) is 6.10 Å². The fourth-order valence-corrected chi connectivity index (χ4v) is 2.91. The molecule has 2 fully saturated rings. The highest BCUT2D eigenvalue weighted by molar-refractivity contribution is 4.92. The highest BCUT2D eigenvalue weighted by Crippen LogP contribution is 2.43. The Morgan fingerprint density at radius 3 is 2.22 bits per heavy atom. The zero-order valence-corrected chi connectivity index (χ0v) is 13.3. The smallest absolute Gasteiger partial charge is 0.0702 e. The summed E-state index contributed by atoms with van der Waals surface area (Å²) in [6.07, 6.45) is 5.80. The van der Waals surface area contributed by atoms with E-state index in [1.165, 1.54) is 25.7 Å². The van der Waals surface area contributed by atoms with Crippen LogP contribution >= 0.6 is 0 Å². The topological polar surface area (TPSA) is 12.5 Å². The van der Waals surface area contributed by atoms with Crippen molar-refractivity contribution in [2.24, 2.45) is 11.3 Å². The Morgan fingerprint density at radius 2 is 1.78 bits per heavy atom. The second-order valence-electron chi connectivity index (χ2n) is 6.76. The lowest BCUT2D eigenvalue weighted by molar-refractivity contribution is 0.00449. The molecule has 0 bridgehead atoms. The van der Waals surface area contributed by atoms with E-state index in [1.54, 1.807) is 0 Å². The third-order valence-electron chi connectivity index (χ3n) is 4.48. The fraction of sp³-hybridized carbons (Fsp3) is 1.00. The van der Waals surface area contributed by atoms with Gasteiger partial charge in [-0.1, -0.05) is 34.6 Å². The average molecular weight is 255 g/mol. The molecule has 0 aromatic heterocycles. The van der Waals surface area contributed by atoms with Crippen LogP contribution in [0.15, 0.2) is 0 Å². The third-order valence-corrected chi connectivity index (χ3v) is 4.48. The van der Waals surface area contributed by atoms with Gasteiger partial charge in [-0.15, -0.1) is 0 Å². The Kier molecular flexibility index (Phi) is 6.13. The Balaban J connectivity index is 0.000000771. The Morgan fingerprint density at radius 1 is 1.17 bits per heavy atom. The van der Waals surface area contributed by atoms with E-state index in [1.807, 2.05) is 13.8 Å². The monoisotopic (exact) mass is 255 g/mol. The van der Waals surface area contributed by atoms with Crippen molar-refractivity contribution in [1.82, 2.24) is 4.90 Å².